The van der Waals surface area contributed by atoms with Gasteiger partial charge in [-0.15, -0.1) is 0 Å². The fourth-order valence-electron chi connectivity index (χ4n) is 1.17. The predicted octanol–water partition coefficient (Wildman–Crippen LogP) is 2.49. The van der Waals surface area contributed by atoms with Crippen LogP contribution in [-0.2, 0) is 14.3 Å². The van der Waals surface area contributed by atoms with E-state index in [-0.39, 0.29) is 24.2 Å². The largest absolute Gasteiger partial charge is 0.458 e. The van der Waals surface area contributed by atoms with Gasteiger partial charge in [-0.1, -0.05) is 18.5 Å². The Bertz CT molecular complexity index is 348. The van der Waals surface area contributed by atoms with Crippen molar-refractivity contribution in [3.05, 3.63) is 10.4 Å². The summed E-state index contributed by atoms with van der Waals surface area (Å²) in [6.07, 6.45) is 2.09. The number of amides is 1. The predicted molar refractivity (Wildman–Crippen MR) is 81.2 cm³/mol. The third-order valence-corrected chi connectivity index (χ3v) is 3.00. The summed E-state index contributed by atoms with van der Waals surface area (Å²) >= 11 is 1.01. The smallest absolute Gasteiger partial charge is 0.367 e. The molecular weight excluding hydrogens is 296 g/mol. The third-order valence-electron chi connectivity index (χ3n) is 2.23. The van der Waals surface area contributed by atoms with Crippen molar-refractivity contribution in [3.63, 3.8) is 0 Å². The minimum atomic E-state index is -0.336. The molecule has 0 aliphatic rings. The molecule has 0 aromatic rings. The molecule has 0 aromatic carbocycles. The van der Waals surface area contributed by atoms with Gasteiger partial charge in [0.15, 0.2) is 0 Å². The van der Waals surface area contributed by atoms with Gasteiger partial charge >= 0.3 is 5.30 Å². The quantitative estimate of drug-likeness (QED) is 0.195. The number of ether oxygens (including phenoxy) is 2. The lowest BCUT2D eigenvalue weighted by molar-refractivity contribution is -0.120. The van der Waals surface area contributed by atoms with Gasteiger partial charge in [0.1, 0.15) is 0 Å². The van der Waals surface area contributed by atoms with Crippen molar-refractivity contribution in [2.45, 2.75) is 26.2 Å². The number of hydrogen-bond acceptors (Lipinski definition) is 6. The van der Waals surface area contributed by atoms with Crippen LogP contribution in [0.5, 0.6) is 0 Å². The molecule has 0 saturated carbocycles. The van der Waals surface area contributed by atoms with E-state index < -0.39 is 0 Å². The Balaban J connectivity index is 3.37. The summed E-state index contributed by atoms with van der Waals surface area (Å²) in [6.45, 7) is 3.81. The first kappa shape index (κ1) is 19.6. The molecule has 0 rings (SSSR count). The van der Waals surface area contributed by atoms with Gasteiger partial charge in [-0.05, 0) is 23.7 Å². The van der Waals surface area contributed by atoms with Crippen molar-refractivity contribution in [3.8, 4) is 0 Å². The van der Waals surface area contributed by atoms with E-state index in [9.17, 15) is 9.59 Å². The normalized spacial score (nSPS) is 9.76. The van der Waals surface area contributed by atoms with Crippen LogP contribution in [0.2, 0.25) is 0 Å². The van der Waals surface area contributed by atoms with Gasteiger partial charge in [0, 0.05) is 30.2 Å². The number of rotatable bonds is 12. The highest BCUT2D eigenvalue weighted by Crippen LogP contribution is 2.07. The maximum atomic E-state index is 11.4. The zero-order valence-corrected chi connectivity index (χ0v) is 13.1. The molecule has 0 aliphatic heterocycles. The van der Waals surface area contributed by atoms with Crippen LogP contribution in [0.25, 0.3) is 10.4 Å². The second-order valence-corrected chi connectivity index (χ2v) is 5.00. The zero-order valence-electron chi connectivity index (χ0n) is 12.2. The minimum Gasteiger partial charge on any atom is -0.458 e. The monoisotopic (exact) mass is 318 g/mol. The lowest BCUT2D eigenvalue weighted by Gasteiger charge is -2.06. The van der Waals surface area contributed by atoms with Gasteiger partial charge in [0.25, 0.3) is 0 Å². The molecule has 0 atom stereocenters. The summed E-state index contributed by atoms with van der Waals surface area (Å²) in [6, 6.07) is 0. The van der Waals surface area contributed by atoms with E-state index in [0.29, 0.717) is 32.1 Å². The summed E-state index contributed by atoms with van der Waals surface area (Å²) in [5, 5.41) is 5.64. The molecule has 0 aliphatic carbocycles. The average molecular weight is 318 g/mol. The Labute approximate surface area is 128 Å². The molecule has 120 valence electrons. The Morgan fingerprint density at radius 2 is 2.14 bits per heavy atom. The number of nitrogens with one attached hydrogen (secondary N) is 1. The lowest BCUT2D eigenvalue weighted by Crippen LogP contribution is -2.27. The first-order valence-electron chi connectivity index (χ1n) is 6.85. The molecule has 0 fully saturated rings. The SMILES string of the molecule is CCCCOC(=O)SCCC(=O)NCCOCCN=[N+]=[N-]. The van der Waals surface area contributed by atoms with Crippen LogP contribution >= 0.6 is 11.8 Å². The topological polar surface area (TPSA) is 113 Å². The second kappa shape index (κ2) is 15.0. The molecule has 0 aromatic heterocycles. The summed E-state index contributed by atoms with van der Waals surface area (Å²) < 4.78 is 10.1. The lowest BCUT2D eigenvalue weighted by atomic mass is 10.4. The fourth-order valence-corrected chi connectivity index (χ4v) is 1.79. The Morgan fingerprint density at radius 1 is 1.33 bits per heavy atom. The van der Waals surface area contributed by atoms with Gasteiger partial charge in [-0.25, -0.2) is 4.79 Å². The van der Waals surface area contributed by atoms with Gasteiger partial charge in [-0.2, -0.15) is 0 Å². The van der Waals surface area contributed by atoms with Crippen molar-refractivity contribution in [1.29, 1.82) is 0 Å². The van der Waals surface area contributed by atoms with E-state index in [0.717, 1.165) is 24.6 Å². The van der Waals surface area contributed by atoms with Crippen molar-refractivity contribution in [1.82, 2.24) is 5.32 Å². The van der Waals surface area contributed by atoms with Gasteiger partial charge in [-0.3, -0.25) is 4.79 Å². The average Bonchev–Trinajstić information content (AvgIpc) is 2.46. The number of azide groups is 1. The van der Waals surface area contributed by atoms with Crippen LogP contribution in [-0.4, -0.2) is 49.9 Å². The Hall–Kier alpha value is -1.44. The van der Waals surface area contributed by atoms with Crippen molar-refractivity contribution < 1.29 is 19.1 Å². The van der Waals surface area contributed by atoms with Crippen molar-refractivity contribution in [2.24, 2.45) is 5.11 Å². The van der Waals surface area contributed by atoms with Crippen LogP contribution in [0.3, 0.4) is 0 Å². The van der Waals surface area contributed by atoms with Crippen LogP contribution < -0.4 is 5.32 Å². The highest BCUT2D eigenvalue weighted by molar-refractivity contribution is 8.13. The molecule has 0 heterocycles. The van der Waals surface area contributed by atoms with E-state index in [2.05, 4.69) is 15.3 Å². The number of hydrogen-bond donors (Lipinski definition) is 1. The van der Waals surface area contributed by atoms with Crippen LogP contribution in [0.15, 0.2) is 5.11 Å². The molecular formula is C12H22N4O4S. The van der Waals surface area contributed by atoms with Gasteiger partial charge in [0.05, 0.1) is 19.8 Å². The molecule has 1 N–H and O–H groups in total. The van der Waals surface area contributed by atoms with Crippen molar-refractivity contribution in [2.75, 3.05) is 38.7 Å². The molecule has 0 bridgehead atoms. The third kappa shape index (κ3) is 14.8. The van der Waals surface area contributed by atoms with Crippen molar-refractivity contribution >= 4 is 23.0 Å². The van der Waals surface area contributed by atoms with Gasteiger partial charge in [0.2, 0.25) is 5.91 Å². The number of unbranched alkanes of at least 4 members (excludes halogenated alkanes) is 1. The van der Waals surface area contributed by atoms with Gasteiger partial charge < -0.3 is 14.8 Å². The summed E-state index contributed by atoms with van der Waals surface area (Å²) in [4.78, 5) is 25.2. The molecule has 0 unspecified atom stereocenters. The van der Waals surface area contributed by atoms with Crippen LogP contribution in [0.4, 0.5) is 4.79 Å². The summed E-state index contributed by atoms with van der Waals surface area (Å²) in [5.74, 6) is 0.261. The molecule has 8 nitrogen and oxygen atoms in total. The zero-order chi connectivity index (χ0) is 15.8. The van der Waals surface area contributed by atoms with E-state index in [1.807, 2.05) is 6.92 Å². The summed E-state index contributed by atoms with van der Waals surface area (Å²) in [5.41, 5.74) is 8.03. The number of carbonyl (C=O) groups excluding carboxylic acids is 2. The fraction of sp³-hybridized carbons (Fsp3) is 0.833. The second-order valence-electron chi connectivity index (χ2n) is 3.97. The maximum Gasteiger partial charge on any atom is 0.367 e. The molecule has 1 amide bonds. The number of thioether (sulfide) groups is 1. The van der Waals surface area contributed by atoms with E-state index in [1.54, 1.807) is 0 Å². The van der Waals surface area contributed by atoms with Crippen LogP contribution in [0.1, 0.15) is 26.2 Å². The Morgan fingerprint density at radius 3 is 2.86 bits per heavy atom. The Kier molecular flexibility index (Phi) is 13.9. The van der Waals surface area contributed by atoms with E-state index in [4.69, 9.17) is 15.0 Å². The molecule has 21 heavy (non-hydrogen) atoms. The molecule has 0 radical (unpaired) electrons. The van der Waals surface area contributed by atoms with E-state index >= 15 is 0 Å². The molecule has 9 heteroatoms. The highest BCUT2D eigenvalue weighted by Gasteiger charge is 2.06. The number of nitrogens with zero attached hydrogens (tertiary/aromatic N) is 3. The summed E-state index contributed by atoms with van der Waals surface area (Å²) in [7, 11) is 0. The first-order chi connectivity index (χ1) is 10.2. The minimum absolute atomic E-state index is 0.137. The van der Waals surface area contributed by atoms with E-state index in [1.165, 1.54) is 0 Å². The number of carbonyl (C=O) groups is 2. The van der Waals surface area contributed by atoms with Crippen LogP contribution in [0, 0.1) is 0 Å². The first-order valence-corrected chi connectivity index (χ1v) is 7.84. The maximum absolute atomic E-state index is 11.4. The molecule has 0 saturated heterocycles. The molecule has 0 spiro atoms. The standard InChI is InChI=1S/C12H22N4O4S/c1-2-3-7-20-12(18)21-10-4-11(17)14-5-8-19-9-6-15-16-13/h2-10H2,1H3,(H,14,17). The highest BCUT2D eigenvalue weighted by atomic mass is 32.2.